The van der Waals surface area contributed by atoms with Crippen molar-refractivity contribution in [3.05, 3.63) is 84.5 Å². The highest BCUT2D eigenvalue weighted by Crippen LogP contribution is 2.19. The molecular weight excluding hydrogens is 475 g/mol. The summed E-state index contributed by atoms with van der Waals surface area (Å²) in [5, 5.41) is 6.74. The van der Waals surface area contributed by atoms with Crippen LogP contribution in [0.15, 0.2) is 78.3 Å². The monoisotopic (exact) mass is 504 g/mol. The van der Waals surface area contributed by atoms with Crippen molar-refractivity contribution in [2.45, 2.75) is 13.1 Å². The van der Waals surface area contributed by atoms with Crippen LogP contribution in [0.3, 0.4) is 0 Å². The molecule has 1 heterocycles. The Labute approximate surface area is 190 Å². The van der Waals surface area contributed by atoms with E-state index in [1.807, 2.05) is 24.3 Å². The summed E-state index contributed by atoms with van der Waals surface area (Å²) < 4.78 is 5.72. The molecule has 2 aromatic carbocycles. The summed E-state index contributed by atoms with van der Waals surface area (Å²) in [5.74, 6) is 1.61. The van der Waals surface area contributed by atoms with Crippen LogP contribution in [0.4, 0.5) is 5.69 Å². The zero-order valence-corrected chi connectivity index (χ0v) is 19.1. The molecule has 0 saturated carbocycles. The second-order valence-electron chi connectivity index (χ2n) is 6.53. The number of nitrogens with zero attached hydrogens (tertiary/aromatic N) is 2. The Kier molecular flexibility index (Phi) is 9.56. The van der Waals surface area contributed by atoms with Gasteiger partial charge in [-0.25, -0.2) is 0 Å². The van der Waals surface area contributed by atoms with Crippen molar-refractivity contribution >= 4 is 35.6 Å². The van der Waals surface area contributed by atoms with E-state index in [4.69, 9.17) is 4.74 Å². The van der Waals surface area contributed by atoms with Crippen molar-refractivity contribution in [2.75, 3.05) is 31.6 Å². The Hall–Kier alpha value is -2.48. The summed E-state index contributed by atoms with van der Waals surface area (Å²) >= 11 is 0. The maximum absolute atomic E-state index is 5.72. The minimum absolute atomic E-state index is 0. The lowest BCUT2D eigenvalue weighted by Crippen LogP contribution is -2.36. The molecule has 5 nitrogen and oxygen atoms in total. The quantitative estimate of drug-likeness (QED) is 0.246. The predicted molar refractivity (Wildman–Crippen MR) is 132 cm³/mol. The number of ether oxygens (including phenoxy) is 1. The number of hydrogen-bond donors (Lipinski definition) is 2. The van der Waals surface area contributed by atoms with Crippen LogP contribution in [-0.2, 0) is 13.1 Å². The number of halogens is 1. The summed E-state index contributed by atoms with van der Waals surface area (Å²) in [7, 11) is 1.78. The number of benzene rings is 2. The van der Waals surface area contributed by atoms with E-state index in [0.717, 1.165) is 30.4 Å². The van der Waals surface area contributed by atoms with Gasteiger partial charge in [0.1, 0.15) is 12.4 Å². The molecule has 2 N–H and O–H groups in total. The largest absolute Gasteiger partial charge is 0.489 e. The molecular formula is C23H29IN4O. The Balaban J connectivity index is 0.00000300. The van der Waals surface area contributed by atoms with Crippen molar-refractivity contribution in [3.8, 4) is 5.75 Å². The average molecular weight is 504 g/mol. The highest BCUT2D eigenvalue weighted by Gasteiger charge is 2.08. The molecule has 1 aliphatic rings. The molecule has 0 atom stereocenters. The zero-order chi connectivity index (χ0) is 19.6. The van der Waals surface area contributed by atoms with Gasteiger partial charge in [-0.05, 0) is 23.8 Å². The van der Waals surface area contributed by atoms with E-state index >= 15 is 0 Å². The van der Waals surface area contributed by atoms with Crippen molar-refractivity contribution < 1.29 is 4.74 Å². The number of nitrogens with one attached hydrogen (secondary N) is 2. The van der Waals surface area contributed by atoms with Crippen LogP contribution in [0.25, 0.3) is 0 Å². The Morgan fingerprint density at radius 2 is 1.86 bits per heavy atom. The molecule has 2 aromatic rings. The van der Waals surface area contributed by atoms with E-state index in [0.29, 0.717) is 19.7 Å². The normalized spacial score (nSPS) is 13.0. The summed E-state index contributed by atoms with van der Waals surface area (Å²) in [6, 6.07) is 16.6. The van der Waals surface area contributed by atoms with Gasteiger partial charge in [-0.15, -0.1) is 24.0 Å². The van der Waals surface area contributed by atoms with Gasteiger partial charge in [0.25, 0.3) is 0 Å². The minimum Gasteiger partial charge on any atom is -0.489 e. The van der Waals surface area contributed by atoms with Crippen LogP contribution in [0.2, 0.25) is 0 Å². The van der Waals surface area contributed by atoms with Crippen LogP contribution >= 0.6 is 24.0 Å². The second kappa shape index (κ2) is 12.2. The maximum Gasteiger partial charge on any atom is 0.191 e. The van der Waals surface area contributed by atoms with E-state index in [-0.39, 0.29) is 24.0 Å². The number of rotatable bonds is 8. The fourth-order valence-corrected chi connectivity index (χ4v) is 3.08. The summed E-state index contributed by atoms with van der Waals surface area (Å²) in [5.41, 5.74) is 3.55. The van der Waals surface area contributed by atoms with E-state index in [1.54, 1.807) is 13.1 Å². The molecule has 0 amide bonds. The lowest BCUT2D eigenvalue weighted by atomic mass is 10.2. The Morgan fingerprint density at radius 1 is 1.10 bits per heavy atom. The van der Waals surface area contributed by atoms with Gasteiger partial charge < -0.3 is 20.3 Å². The summed E-state index contributed by atoms with van der Waals surface area (Å²) in [6.45, 7) is 7.50. The topological polar surface area (TPSA) is 48.9 Å². The van der Waals surface area contributed by atoms with Gasteiger partial charge in [-0.1, -0.05) is 55.1 Å². The van der Waals surface area contributed by atoms with Crippen LogP contribution in [0, 0.1) is 0 Å². The van der Waals surface area contributed by atoms with Crippen molar-refractivity contribution in [2.24, 2.45) is 4.99 Å². The van der Waals surface area contributed by atoms with Gasteiger partial charge in [-0.2, -0.15) is 0 Å². The van der Waals surface area contributed by atoms with Gasteiger partial charge >= 0.3 is 0 Å². The number of para-hydroxylation sites is 1. The first-order valence-corrected chi connectivity index (χ1v) is 9.55. The molecule has 0 fully saturated rings. The standard InChI is InChI=1S/C23H28N4O.HI/c1-3-15-28-22-12-5-4-10-20(22)18-26-23(24-2)25-17-19-9-8-11-21(16-19)27-13-6-7-14-27;/h3-12,16H,1,13-15,17-18H2,2H3,(H2,24,25,26);1H. The fraction of sp³-hybridized carbons (Fsp3) is 0.261. The molecule has 29 heavy (non-hydrogen) atoms. The molecule has 6 heteroatoms. The Bertz CT molecular complexity index is 842. The average Bonchev–Trinajstić information content (AvgIpc) is 3.28. The third kappa shape index (κ3) is 6.81. The second-order valence-corrected chi connectivity index (χ2v) is 6.53. The number of guanidine groups is 1. The fourth-order valence-electron chi connectivity index (χ4n) is 3.08. The van der Waals surface area contributed by atoms with E-state index in [1.165, 1.54) is 11.3 Å². The maximum atomic E-state index is 5.72. The molecule has 1 aliphatic heterocycles. The molecule has 0 unspecified atom stereocenters. The smallest absolute Gasteiger partial charge is 0.191 e. The first kappa shape index (κ1) is 22.8. The SMILES string of the molecule is C=CCOc1ccccc1CNC(=NC)NCc1cccc(N2CC=CC2)c1.I. The van der Waals surface area contributed by atoms with Crippen LogP contribution in [0.1, 0.15) is 11.1 Å². The number of hydrogen-bond acceptors (Lipinski definition) is 3. The highest BCUT2D eigenvalue weighted by molar-refractivity contribution is 14.0. The van der Waals surface area contributed by atoms with Crippen molar-refractivity contribution in [1.82, 2.24) is 10.6 Å². The molecule has 0 bridgehead atoms. The van der Waals surface area contributed by atoms with Gasteiger partial charge in [0, 0.05) is 44.5 Å². The third-order valence-electron chi connectivity index (χ3n) is 4.55. The number of anilines is 1. The van der Waals surface area contributed by atoms with Gasteiger partial charge in [0.15, 0.2) is 5.96 Å². The van der Waals surface area contributed by atoms with Crippen molar-refractivity contribution in [1.29, 1.82) is 0 Å². The van der Waals surface area contributed by atoms with Crippen LogP contribution < -0.4 is 20.3 Å². The summed E-state index contributed by atoms with van der Waals surface area (Å²) in [6.07, 6.45) is 6.15. The first-order chi connectivity index (χ1) is 13.8. The third-order valence-corrected chi connectivity index (χ3v) is 4.55. The first-order valence-electron chi connectivity index (χ1n) is 9.55. The highest BCUT2D eigenvalue weighted by atomic mass is 127. The summed E-state index contributed by atoms with van der Waals surface area (Å²) in [4.78, 5) is 6.67. The molecule has 0 saturated heterocycles. The Morgan fingerprint density at radius 3 is 2.62 bits per heavy atom. The van der Waals surface area contributed by atoms with Gasteiger partial charge in [-0.3, -0.25) is 4.99 Å². The molecule has 3 rings (SSSR count). The van der Waals surface area contributed by atoms with Crippen LogP contribution in [-0.4, -0.2) is 32.7 Å². The van der Waals surface area contributed by atoms with E-state index in [2.05, 4.69) is 63.5 Å². The molecule has 0 aliphatic carbocycles. The van der Waals surface area contributed by atoms with Crippen LogP contribution in [0.5, 0.6) is 5.75 Å². The van der Waals surface area contributed by atoms with Gasteiger partial charge in [0.2, 0.25) is 0 Å². The molecule has 0 radical (unpaired) electrons. The zero-order valence-electron chi connectivity index (χ0n) is 16.8. The molecule has 154 valence electrons. The molecule has 0 aromatic heterocycles. The predicted octanol–water partition coefficient (Wildman–Crippen LogP) is 4.11. The number of aliphatic imine (C=N–C) groups is 1. The minimum atomic E-state index is 0. The lowest BCUT2D eigenvalue weighted by Gasteiger charge is -2.19. The molecule has 0 spiro atoms. The van der Waals surface area contributed by atoms with E-state index in [9.17, 15) is 0 Å². The van der Waals surface area contributed by atoms with Gasteiger partial charge in [0.05, 0.1) is 0 Å². The van der Waals surface area contributed by atoms with E-state index < -0.39 is 0 Å². The van der Waals surface area contributed by atoms with Crippen molar-refractivity contribution in [3.63, 3.8) is 0 Å². The lowest BCUT2D eigenvalue weighted by molar-refractivity contribution is 0.358.